The van der Waals surface area contributed by atoms with Gasteiger partial charge in [0.15, 0.2) is 0 Å². The maximum atomic E-state index is 11.9. The van der Waals surface area contributed by atoms with Crippen molar-refractivity contribution < 1.29 is 15.0 Å². The van der Waals surface area contributed by atoms with E-state index in [9.17, 15) is 9.90 Å². The molecule has 0 atom stereocenters. The van der Waals surface area contributed by atoms with Crippen molar-refractivity contribution in [2.45, 2.75) is 12.8 Å². The standard InChI is InChI=1S/C12H13Cl2NO3/c13-7-3-8(14)10(9(17)4-7)11(18)15-5-12(6-16)1-2-12/h3-4,16-17H,1-2,5-6H2,(H,15,18). The fraction of sp³-hybridized carbons (Fsp3) is 0.417. The van der Waals surface area contributed by atoms with Crippen molar-refractivity contribution in [1.29, 1.82) is 0 Å². The topological polar surface area (TPSA) is 69.6 Å². The summed E-state index contributed by atoms with van der Waals surface area (Å²) < 4.78 is 0. The van der Waals surface area contributed by atoms with E-state index in [0.717, 1.165) is 12.8 Å². The van der Waals surface area contributed by atoms with E-state index in [2.05, 4.69) is 5.32 Å². The monoisotopic (exact) mass is 289 g/mol. The Morgan fingerprint density at radius 1 is 1.39 bits per heavy atom. The summed E-state index contributed by atoms with van der Waals surface area (Å²) in [7, 11) is 0. The van der Waals surface area contributed by atoms with Crippen LogP contribution < -0.4 is 5.32 Å². The summed E-state index contributed by atoms with van der Waals surface area (Å²) in [4.78, 5) is 11.9. The molecule has 0 radical (unpaired) electrons. The van der Waals surface area contributed by atoms with Crippen LogP contribution in [0, 0.1) is 5.41 Å². The van der Waals surface area contributed by atoms with Crippen LogP contribution in [-0.4, -0.2) is 29.3 Å². The van der Waals surface area contributed by atoms with Crippen LogP contribution in [-0.2, 0) is 0 Å². The Morgan fingerprint density at radius 2 is 2.06 bits per heavy atom. The van der Waals surface area contributed by atoms with E-state index in [1.165, 1.54) is 12.1 Å². The van der Waals surface area contributed by atoms with Gasteiger partial charge in [-0.25, -0.2) is 0 Å². The molecular weight excluding hydrogens is 277 g/mol. The number of aliphatic hydroxyl groups excluding tert-OH is 1. The molecule has 0 spiro atoms. The normalized spacial score (nSPS) is 16.4. The molecule has 0 heterocycles. The fourth-order valence-electron chi connectivity index (χ4n) is 1.71. The summed E-state index contributed by atoms with van der Waals surface area (Å²) in [6, 6.07) is 2.66. The number of benzene rings is 1. The van der Waals surface area contributed by atoms with Crippen LogP contribution in [0.25, 0.3) is 0 Å². The Bertz CT molecular complexity index is 463. The highest BCUT2D eigenvalue weighted by Crippen LogP contribution is 2.44. The second kappa shape index (κ2) is 4.96. The lowest BCUT2D eigenvalue weighted by atomic mass is 10.1. The third-order valence-corrected chi connectivity index (χ3v) is 3.69. The van der Waals surface area contributed by atoms with Gasteiger partial charge in [-0.3, -0.25) is 4.79 Å². The van der Waals surface area contributed by atoms with Crippen molar-refractivity contribution in [1.82, 2.24) is 5.32 Å². The van der Waals surface area contributed by atoms with Crippen molar-refractivity contribution in [2.75, 3.05) is 13.2 Å². The van der Waals surface area contributed by atoms with Gasteiger partial charge in [-0.2, -0.15) is 0 Å². The SMILES string of the molecule is O=C(NCC1(CO)CC1)c1c(O)cc(Cl)cc1Cl. The minimum atomic E-state index is -0.464. The van der Waals surface area contributed by atoms with Crippen LogP contribution in [0.5, 0.6) is 5.75 Å². The maximum absolute atomic E-state index is 11.9. The number of carbonyl (C=O) groups excluding carboxylic acids is 1. The second-order valence-corrected chi connectivity index (χ2v) is 5.47. The van der Waals surface area contributed by atoms with Gasteiger partial charge in [0.2, 0.25) is 0 Å². The summed E-state index contributed by atoms with van der Waals surface area (Å²) in [6.07, 6.45) is 1.79. The molecule has 1 aromatic carbocycles. The number of halogens is 2. The van der Waals surface area contributed by atoms with Crippen LogP contribution in [0.15, 0.2) is 12.1 Å². The quantitative estimate of drug-likeness (QED) is 0.796. The van der Waals surface area contributed by atoms with Gasteiger partial charge in [0.05, 0.1) is 17.2 Å². The van der Waals surface area contributed by atoms with Crippen LogP contribution in [0.3, 0.4) is 0 Å². The van der Waals surface area contributed by atoms with E-state index in [0.29, 0.717) is 6.54 Å². The van der Waals surface area contributed by atoms with E-state index in [1.54, 1.807) is 0 Å². The van der Waals surface area contributed by atoms with Crippen LogP contribution in [0.2, 0.25) is 10.0 Å². The molecule has 4 nitrogen and oxygen atoms in total. The molecule has 98 valence electrons. The number of nitrogens with one attached hydrogen (secondary N) is 1. The molecule has 0 aliphatic heterocycles. The molecule has 1 aliphatic carbocycles. The molecule has 0 unspecified atom stereocenters. The van der Waals surface area contributed by atoms with Crippen LogP contribution >= 0.6 is 23.2 Å². The van der Waals surface area contributed by atoms with Gasteiger partial charge in [-0.15, -0.1) is 0 Å². The molecule has 0 aromatic heterocycles. The van der Waals surface area contributed by atoms with E-state index in [1.807, 2.05) is 0 Å². The summed E-state index contributed by atoms with van der Waals surface area (Å²) in [5.41, 5.74) is -0.181. The molecule has 1 aliphatic rings. The maximum Gasteiger partial charge on any atom is 0.256 e. The molecule has 2 rings (SSSR count). The van der Waals surface area contributed by atoms with E-state index < -0.39 is 5.91 Å². The summed E-state index contributed by atoms with van der Waals surface area (Å²) in [5.74, 6) is -0.715. The molecule has 1 saturated carbocycles. The molecular formula is C12H13Cl2NO3. The molecule has 0 saturated heterocycles. The first-order valence-electron chi connectivity index (χ1n) is 5.54. The van der Waals surface area contributed by atoms with Gasteiger partial charge in [-0.1, -0.05) is 23.2 Å². The largest absolute Gasteiger partial charge is 0.507 e. The first kappa shape index (κ1) is 13.5. The van der Waals surface area contributed by atoms with Gasteiger partial charge in [0, 0.05) is 17.0 Å². The predicted octanol–water partition coefficient (Wildman–Crippen LogP) is 2.20. The third-order valence-electron chi connectivity index (χ3n) is 3.18. The number of hydrogen-bond acceptors (Lipinski definition) is 3. The average molecular weight is 290 g/mol. The van der Waals surface area contributed by atoms with Gasteiger partial charge < -0.3 is 15.5 Å². The smallest absolute Gasteiger partial charge is 0.256 e. The van der Waals surface area contributed by atoms with E-state index in [-0.39, 0.29) is 33.4 Å². The van der Waals surface area contributed by atoms with Gasteiger partial charge in [-0.05, 0) is 25.0 Å². The lowest BCUT2D eigenvalue weighted by Gasteiger charge is -2.14. The number of carbonyl (C=O) groups is 1. The van der Waals surface area contributed by atoms with Gasteiger partial charge in [0.1, 0.15) is 5.75 Å². The molecule has 3 N–H and O–H groups in total. The highest BCUT2D eigenvalue weighted by Gasteiger charge is 2.42. The summed E-state index contributed by atoms with van der Waals surface area (Å²) in [5, 5.41) is 21.8. The van der Waals surface area contributed by atoms with Crippen molar-refractivity contribution >= 4 is 29.1 Å². The van der Waals surface area contributed by atoms with Gasteiger partial charge >= 0.3 is 0 Å². The summed E-state index contributed by atoms with van der Waals surface area (Å²) in [6.45, 7) is 0.425. The van der Waals surface area contributed by atoms with E-state index in [4.69, 9.17) is 28.3 Å². The number of rotatable bonds is 4. The van der Waals surface area contributed by atoms with Crippen LogP contribution in [0.1, 0.15) is 23.2 Å². The molecule has 18 heavy (non-hydrogen) atoms. The second-order valence-electron chi connectivity index (χ2n) is 4.62. The Kier molecular flexibility index (Phi) is 3.71. The Hall–Kier alpha value is -0.970. The minimum absolute atomic E-state index is 0.00908. The lowest BCUT2D eigenvalue weighted by molar-refractivity contribution is 0.0933. The van der Waals surface area contributed by atoms with Crippen molar-refractivity contribution in [3.05, 3.63) is 27.7 Å². The van der Waals surface area contributed by atoms with Crippen LogP contribution in [0.4, 0.5) is 0 Å². The Balaban J connectivity index is 2.09. The highest BCUT2D eigenvalue weighted by molar-refractivity contribution is 6.37. The zero-order chi connectivity index (χ0) is 13.3. The fourth-order valence-corrected chi connectivity index (χ4v) is 2.28. The Labute approximate surface area is 115 Å². The zero-order valence-electron chi connectivity index (χ0n) is 9.54. The lowest BCUT2D eigenvalue weighted by Crippen LogP contribution is -2.32. The molecule has 6 heteroatoms. The first-order valence-corrected chi connectivity index (χ1v) is 6.30. The first-order chi connectivity index (χ1) is 8.47. The van der Waals surface area contributed by atoms with Crippen molar-refractivity contribution in [3.63, 3.8) is 0 Å². The zero-order valence-corrected chi connectivity index (χ0v) is 11.1. The number of phenols is 1. The molecule has 1 fully saturated rings. The highest BCUT2D eigenvalue weighted by atomic mass is 35.5. The molecule has 1 aromatic rings. The number of hydrogen-bond donors (Lipinski definition) is 3. The number of amides is 1. The molecule has 1 amide bonds. The minimum Gasteiger partial charge on any atom is -0.507 e. The number of phenolic OH excluding ortho intramolecular Hbond substituents is 1. The van der Waals surface area contributed by atoms with Crippen molar-refractivity contribution in [2.24, 2.45) is 5.41 Å². The number of aliphatic hydroxyl groups is 1. The molecule has 0 bridgehead atoms. The number of aromatic hydroxyl groups is 1. The third kappa shape index (κ3) is 2.71. The van der Waals surface area contributed by atoms with Crippen molar-refractivity contribution in [3.8, 4) is 5.75 Å². The predicted molar refractivity (Wildman–Crippen MR) is 69.2 cm³/mol. The average Bonchev–Trinajstić information content (AvgIpc) is 3.05. The van der Waals surface area contributed by atoms with E-state index >= 15 is 0 Å². The summed E-state index contributed by atoms with van der Waals surface area (Å²) >= 11 is 11.6. The van der Waals surface area contributed by atoms with Gasteiger partial charge in [0.25, 0.3) is 5.91 Å². The Morgan fingerprint density at radius 3 is 2.56 bits per heavy atom.